The summed E-state index contributed by atoms with van der Waals surface area (Å²) in [5.41, 5.74) is 0. The van der Waals surface area contributed by atoms with Gasteiger partial charge in [0.2, 0.25) is 0 Å². The van der Waals surface area contributed by atoms with Crippen LogP contribution in [0.25, 0.3) is 0 Å². The summed E-state index contributed by atoms with van der Waals surface area (Å²) in [5, 5.41) is 17.8. The summed E-state index contributed by atoms with van der Waals surface area (Å²) in [6.07, 6.45) is 0. The van der Waals surface area contributed by atoms with Gasteiger partial charge >= 0.3 is 0 Å². The van der Waals surface area contributed by atoms with Crippen LogP contribution in [0.3, 0.4) is 0 Å². The van der Waals surface area contributed by atoms with E-state index in [4.69, 9.17) is 0 Å². The Balaban J connectivity index is 2.09. The number of hydrogen-bond donors (Lipinski definition) is 0. The van der Waals surface area contributed by atoms with E-state index in [0.29, 0.717) is 0 Å². The van der Waals surface area contributed by atoms with Crippen LogP contribution < -0.4 is 15.9 Å². The zero-order valence-corrected chi connectivity index (χ0v) is 11.7. The van der Waals surface area contributed by atoms with Gasteiger partial charge in [0.25, 0.3) is 0 Å². The molecule has 3 rings (SSSR count). The lowest BCUT2D eigenvalue weighted by Gasteiger charge is -2.13. The lowest BCUT2D eigenvalue weighted by molar-refractivity contribution is 2.06. The molecule has 80 valence electrons. The maximum Gasteiger partial charge on any atom is -0.000963 e. The summed E-state index contributed by atoms with van der Waals surface area (Å²) < 4.78 is 0. The van der Waals surface area contributed by atoms with Crippen LogP contribution in [0.1, 0.15) is 0 Å². The fraction of sp³-hybridized carbons (Fsp3) is 0. The van der Waals surface area contributed by atoms with Gasteiger partial charge in [0, 0.05) is 0 Å². The minimum Gasteiger partial charge on any atom is -0.152 e. The van der Waals surface area contributed by atoms with E-state index < -0.39 is 0 Å². The highest BCUT2D eigenvalue weighted by Gasteiger charge is 2.17. The highest BCUT2D eigenvalue weighted by Crippen LogP contribution is 2.34. The molecule has 0 bridgehead atoms. The standard InChI is InChI=1S/C12H9PS3/c1-4-14-7-10(1)13(11-2-5-15-8-11)12-3-6-16-9-12/h1-9H. The SMILES string of the molecule is c1cc(P(c2ccsc2)c2ccsc2)cs1. The summed E-state index contributed by atoms with van der Waals surface area (Å²) in [6.45, 7) is 0. The largest absolute Gasteiger partial charge is 0.152 e. The van der Waals surface area contributed by atoms with Gasteiger partial charge in [0.1, 0.15) is 0 Å². The molecule has 0 saturated carbocycles. The second-order valence-corrected chi connectivity index (χ2v) is 7.84. The van der Waals surface area contributed by atoms with Crippen LogP contribution in [-0.4, -0.2) is 0 Å². The minimum atomic E-state index is -0.304. The van der Waals surface area contributed by atoms with E-state index in [0.717, 1.165) is 0 Å². The van der Waals surface area contributed by atoms with E-state index in [1.807, 2.05) is 0 Å². The van der Waals surface area contributed by atoms with Crippen LogP contribution in [0.15, 0.2) is 50.5 Å². The molecular formula is C12H9PS3. The molecule has 4 heteroatoms. The highest BCUT2D eigenvalue weighted by molar-refractivity contribution is 7.80. The number of rotatable bonds is 3. The van der Waals surface area contributed by atoms with Gasteiger partial charge in [-0.3, -0.25) is 0 Å². The fourth-order valence-corrected chi connectivity index (χ4v) is 6.85. The third-order valence-electron chi connectivity index (χ3n) is 2.29. The quantitative estimate of drug-likeness (QED) is 0.643. The molecule has 0 unspecified atom stereocenters. The first-order valence-corrected chi connectivity index (χ1v) is 8.99. The van der Waals surface area contributed by atoms with E-state index >= 15 is 0 Å². The van der Waals surface area contributed by atoms with Crippen molar-refractivity contribution in [1.29, 1.82) is 0 Å². The van der Waals surface area contributed by atoms with Crippen molar-refractivity contribution in [3.8, 4) is 0 Å². The number of hydrogen-bond acceptors (Lipinski definition) is 3. The van der Waals surface area contributed by atoms with Crippen molar-refractivity contribution in [2.45, 2.75) is 0 Å². The zero-order chi connectivity index (χ0) is 10.8. The molecule has 0 saturated heterocycles. The smallest absolute Gasteiger partial charge is 0.000963 e. The lowest BCUT2D eigenvalue weighted by atomic mass is 10.6. The van der Waals surface area contributed by atoms with Crippen molar-refractivity contribution in [2.24, 2.45) is 0 Å². The van der Waals surface area contributed by atoms with Crippen LogP contribution in [-0.2, 0) is 0 Å². The maximum atomic E-state index is 2.28. The molecule has 16 heavy (non-hydrogen) atoms. The Labute approximate surface area is 108 Å². The van der Waals surface area contributed by atoms with Gasteiger partial charge in [-0.05, 0) is 74.3 Å². The van der Waals surface area contributed by atoms with Crippen LogP contribution in [0.4, 0.5) is 0 Å². The summed E-state index contributed by atoms with van der Waals surface area (Å²) in [6, 6.07) is 6.77. The second kappa shape index (κ2) is 4.80. The topological polar surface area (TPSA) is 0 Å². The predicted octanol–water partition coefficient (Wildman–Crippen LogP) is 3.63. The number of thiophene rings is 3. The normalized spacial score (nSPS) is 11.1. The molecule has 0 aliphatic rings. The average Bonchev–Trinajstić information content (AvgIpc) is 3.02. The lowest BCUT2D eigenvalue weighted by Crippen LogP contribution is -2.16. The molecule has 0 aliphatic carbocycles. The van der Waals surface area contributed by atoms with Gasteiger partial charge < -0.3 is 0 Å². The van der Waals surface area contributed by atoms with Crippen molar-refractivity contribution in [1.82, 2.24) is 0 Å². The zero-order valence-electron chi connectivity index (χ0n) is 8.37. The Morgan fingerprint density at radius 3 is 1.25 bits per heavy atom. The molecule has 0 aliphatic heterocycles. The van der Waals surface area contributed by atoms with Crippen molar-refractivity contribution in [3.05, 3.63) is 50.5 Å². The van der Waals surface area contributed by atoms with Crippen molar-refractivity contribution in [2.75, 3.05) is 0 Å². The molecular weight excluding hydrogens is 271 g/mol. The Bertz CT molecular complexity index is 441. The molecule has 0 nitrogen and oxygen atoms in total. The minimum absolute atomic E-state index is 0.304. The van der Waals surface area contributed by atoms with E-state index in [2.05, 4.69) is 50.5 Å². The summed E-state index contributed by atoms with van der Waals surface area (Å²) in [7, 11) is -0.304. The summed E-state index contributed by atoms with van der Waals surface area (Å²) in [4.78, 5) is 0. The molecule has 3 heterocycles. The molecule has 0 atom stereocenters. The predicted molar refractivity (Wildman–Crippen MR) is 78.8 cm³/mol. The summed E-state index contributed by atoms with van der Waals surface area (Å²) in [5.74, 6) is 0. The van der Waals surface area contributed by atoms with Gasteiger partial charge in [-0.15, -0.1) is 0 Å². The fourth-order valence-electron chi connectivity index (χ4n) is 1.60. The van der Waals surface area contributed by atoms with Crippen LogP contribution in [0.5, 0.6) is 0 Å². The van der Waals surface area contributed by atoms with E-state index in [1.165, 1.54) is 15.9 Å². The Hall–Kier alpha value is -0.470. The molecule has 3 aromatic heterocycles. The molecule has 0 amide bonds. The monoisotopic (exact) mass is 280 g/mol. The van der Waals surface area contributed by atoms with Crippen LogP contribution >= 0.6 is 41.9 Å². The average molecular weight is 280 g/mol. The molecule has 0 aromatic carbocycles. The Morgan fingerprint density at radius 1 is 0.625 bits per heavy atom. The molecule has 0 N–H and O–H groups in total. The highest BCUT2D eigenvalue weighted by atomic mass is 32.1. The van der Waals surface area contributed by atoms with Gasteiger partial charge in [0.05, 0.1) is 0 Å². The first-order valence-electron chi connectivity index (χ1n) is 4.82. The van der Waals surface area contributed by atoms with Gasteiger partial charge in [-0.2, -0.15) is 34.0 Å². The van der Waals surface area contributed by atoms with Gasteiger partial charge in [-0.1, -0.05) is 0 Å². The van der Waals surface area contributed by atoms with Crippen LogP contribution in [0, 0.1) is 0 Å². The maximum absolute atomic E-state index is 2.28. The summed E-state index contributed by atoms with van der Waals surface area (Å²) >= 11 is 5.36. The molecule has 0 spiro atoms. The van der Waals surface area contributed by atoms with Crippen molar-refractivity contribution >= 4 is 57.8 Å². The van der Waals surface area contributed by atoms with E-state index in [-0.39, 0.29) is 7.92 Å². The van der Waals surface area contributed by atoms with E-state index in [1.54, 1.807) is 34.0 Å². The Morgan fingerprint density at radius 2 is 1.00 bits per heavy atom. The van der Waals surface area contributed by atoms with Gasteiger partial charge in [0.15, 0.2) is 0 Å². The van der Waals surface area contributed by atoms with E-state index in [9.17, 15) is 0 Å². The Kier molecular flexibility index (Phi) is 3.20. The second-order valence-electron chi connectivity index (χ2n) is 3.28. The molecule has 0 fully saturated rings. The first-order chi connectivity index (χ1) is 7.95. The third kappa shape index (κ3) is 2.01. The molecule has 0 radical (unpaired) electrons. The first kappa shape index (κ1) is 10.7. The third-order valence-corrected chi connectivity index (χ3v) is 7.25. The van der Waals surface area contributed by atoms with Gasteiger partial charge in [-0.25, -0.2) is 0 Å². The molecule has 3 aromatic rings. The van der Waals surface area contributed by atoms with Crippen LogP contribution in [0.2, 0.25) is 0 Å². The van der Waals surface area contributed by atoms with Crippen molar-refractivity contribution < 1.29 is 0 Å². The van der Waals surface area contributed by atoms with Crippen molar-refractivity contribution in [3.63, 3.8) is 0 Å².